The summed E-state index contributed by atoms with van der Waals surface area (Å²) in [4.78, 5) is 38.8. The van der Waals surface area contributed by atoms with Gasteiger partial charge in [0.15, 0.2) is 0 Å². The van der Waals surface area contributed by atoms with Gasteiger partial charge in [0.1, 0.15) is 0 Å². The fourth-order valence-corrected chi connectivity index (χ4v) is 1.56. The second kappa shape index (κ2) is 8.02. The summed E-state index contributed by atoms with van der Waals surface area (Å²) in [5.41, 5.74) is 2.55. The van der Waals surface area contributed by atoms with E-state index in [4.69, 9.17) is 0 Å². The quantitative estimate of drug-likeness (QED) is 0.433. The second-order valence-electron chi connectivity index (χ2n) is 5.96. The third-order valence-corrected chi connectivity index (χ3v) is 2.40. The molecule has 0 atom stereocenters. The Hall–Kier alpha value is -2.77. The van der Waals surface area contributed by atoms with Gasteiger partial charge in [0.2, 0.25) is 5.91 Å². The van der Waals surface area contributed by atoms with E-state index in [2.05, 4.69) is 26.1 Å². The maximum atomic E-state index is 11.7. The number of nitrogens with one attached hydrogen (secondary N) is 3. The van der Waals surface area contributed by atoms with E-state index in [0.717, 1.165) is 0 Å². The van der Waals surface area contributed by atoms with Crippen molar-refractivity contribution in [1.29, 1.82) is 0 Å². The fourth-order valence-electron chi connectivity index (χ4n) is 1.56. The van der Waals surface area contributed by atoms with Crippen LogP contribution in [0, 0.1) is 0 Å². The van der Waals surface area contributed by atoms with Crippen molar-refractivity contribution in [3.05, 3.63) is 24.5 Å². The highest BCUT2D eigenvalue weighted by Gasteiger charge is 2.15. The van der Waals surface area contributed by atoms with Crippen molar-refractivity contribution >= 4 is 29.1 Å². The Morgan fingerprint density at radius 2 is 1.91 bits per heavy atom. The monoisotopic (exact) mass is 319 g/mol. The van der Waals surface area contributed by atoms with Gasteiger partial charge in [-0.15, -0.1) is 0 Å². The van der Waals surface area contributed by atoms with Crippen molar-refractivity contribution in [1.82, 2.24) is 15.7 Å². The summed E-state index contributed by atoms with van der Waals surface area (Å²) in [6.07, 6.45) is 2.99. The zero-order valence-electron chi connectivity index (χ0n) is 13.6. The van der Waals surface area contributed by atoms with Crippen molar-refractivity contribution in [3.8, 4) is 0 Å². The topological polar surface area (TPSA) is 113 Å². The molecule has 0 aliphatic carbocycles. The molecular formula is C15H21N5O3. The minimum absolute atomic E-state index is 0.0295. The number of amides is 3. The van der Waals surface area contributed by atoms with E-state index in [9.17, 15) is 14.4 Å². The van der Waals surface area contributed by atoms with Crippen LogP contribution >= 0.6 is 0 Å². The van der Waals surface area contributed by atoms with Crippen molar-refractivity contribution in [2.75, 3.05) is 5.32 Å². The van der Waals surface area contributed by atoms with Gasteiger partial charge in [-0.05, 0) is 39.8 Å². The number of hydrogen-bond acceptors (Lipinski definition) is 5. The molecule has 0 saturated carbocycles. The van der Waals surface area contributed by atoms with Crippen LogP contribution in [-0.2, 0) is 14.4 Å². The number of hydrazone groups is 1. The molecule has 1 heterocycles. The molecule has 23 heavy (non-hydrogen) atoms. The third-order valence-electron chi connectivity index (χ3n) is 2.40. The standard InChI is InChI=1S/C15H21N5O3/c1-10(8-12(21)18-15(2,3)4)19-20-14(23)13(22)17-11-6-5-7-16-9-11/h5-7,9H,8H2,1-4H3,(H,17,22)(H,18,21)(H,20,23). The first-order chi connectivity index (χ1) is 10.7. The average Bonchev–Trinajstić information content (AvgIpc) is 2.43. The van der Waals surface area contributed by atoms with Crippen LogP contribution in [0.2, 0.25) is 0 Å². The maximum Gasteiger partial charge on any atom is 0.329 e. The highest BCUT2D eigenvalue weighted by Crippen LogP contribution is 2.02. The van der Waals surface area contributed by atoms with Gasteiger partial charge in [0, 0.05) is 17.4 Å². The molecule has 1 rings (SSSR count). The van der Waals surface area contributed by atoms with Crippen molar-refractivity contribution in [3.63, 3.8) is 0 Å². The lowest BCUT2D eigenvalue weighted by atomic mass is 10.1. The van der Waals surface area contributed by atoms with Crippen LogP contribution in [0.15, 0.2) is 29.6 Å². The molecule has 3 amide bonds. The van der Waals surface area contributed by atoms with E-state index in [-0.39, 0.29) is 17.9 Å². The molecule has 0 aliphatic heterocycles. The van der Waals surface area contributed by atoms with E-state index >= 15 is 0 Å². The maximum absolute atomic E-state index is 11.7. The van der Waals surface area contributed by atoms with Gasteiger partial charge in [0.05, 0.1) is 18.3 Å². The summed E-state index contributed by atoms with van der Waals surface area (Å²) in [6, 6.07) is 3.23. The van der Waals surface area contributed by atoms with Gasteiger partial charge in [-0.2, -0.15) is 5.10 Å². The van der Waals surface area contributed by atoms with Crippen LogP contribution in [0.25, 0.3) is 0 Å². The third kappa shape index (κ3) is 7.70. The van der Waals surface area contributed by atoms with E-state index in [1.165, 1.54) is 6.20 Å². The lowest BCUT2D eigenvalue weighted by Gasteiger charge is -2.20. The molecule has 0 spiro atoms. The lowest BCUT2D eigenvalue weighted by molar-refractivity contribution is -0.136. The summed E-state index contributed by atoms with van der Waals surface area (Å²) in [5, 5.41) is 8.89. The normalized spacial score (nSPS) is 11.6. The van der Waals surface area contributed by atoms with Crippen LogP contribution < -0.4 is 16.1 Å². The number of nitrogens with zero attached hydrogens (tertiary/aromatic N) is 2. The molecule has 0 aliphatic rings. The Kier molecular flexibility index (Phi) is 6.37. The Balaban J connectivity index is 2.47. The Morgan fingerprint density at radius 3 is 2.48 bits per heavy atom. The second-order valence-corrected chi connectivity index (χ2v) is 5.96. The van der Waals surface area contributed by atoms with Crippen molar-refractivity contribution < 1.29 is 14.4 Å². The molecule has 0 bridgehead atoms. The zero-order chi connectivity index (χ0) is 17.5. The number of hydrogen-bond donors (Lipinski definition) is 3. The average molecular weight is 319 g/mol. The highest BCUT2D eigenvalue weighted by molar-refractivity contribution is 6.39. The molecule has 0 fully saturated rings. The molecular weight excluding hydrogens is 298 g/mol. The number of rotatable bonds is 4. The molecule has 8 heteroatoms. The van der Waals surface area contributed by atoms with Gasteiger partial charge in [-0.1, -0.05) is 0 Å². The molecule has 3 N–H and O–H groups in total. The van der Waals surface area contributed by atoms with Gasteiger partial charge in [0.25, 0.3) is 0 Å². The lowest BCUT2D eigenvalue weighted by Crippen LogP contribution is -2.41. The first-order valence-electron chi connectivity index (χ1n) is 7.03. The first kappa shape index (κ1) is 18.3. The Bertz CT molecular complexity index is 605. The summed E-state index contributed by atoms with van der Waals surface area (Å²) >= 11 is 0. The van der Waals surface area contributed by atoms with E-state index in [0.29, 0.717) is 11.4 Å². The molecule has 0 unspecified atom stereocenters. The highest BCUT2D eigenvalue weighted by atomic mass is 16.2. The van der Waals surface area contributed by atoms with Gasteiger partial charge >= 0.3 is 11.8 Å². The number of aromatic nitrogens is 1. The summed E-state index contributed by atoms with van der Waals surface area (Å²) in [5.74, 6) is -2.01. The molecule has 0 radical (unpaired) electrons. The SMILES string of the molecule is CC(CC(=O)NC(C)(C)C)=NNC(=O)C(=O)Nc1cccnc1. The minimum Gasteiger partial charge on any atom is -0.351 e. The van der Waals surface area contributed by atoms with Gasteiger partial charge < -0.3 is 10.6 Å². The molecule has 0 saturated heterocycles. The zero-order valence-corrected chi connectivity index (χ0v) is 13.6. The largest absolute Gasteiger partial charge is 0.351 e. The molecule has 0 aromatic carbocycles. The number of pyridine rings is 1. The first-order valence-corrected chi connectivity index (χ1v) is 7.03. The summed E-state index contributed by atoms with van der Waals surface area (Å²) in [7, 11) is 0. The van der Waals surface area contributed by atoms with Gasteiger partial charge in [-0.25, -0.2) is 5.43 Å². The van der Waals surface area contributed by atoms with E-state index in [1.807, 2.05) is 20.8 Å². The molecule has 1 aromatic heterocycles. The number of carbonyl (C=O) groups excluding carboxylic acids is 3. The predicted molar refractivity (Wildman–Crippen MR) is 86.6 cm³/mol. The van der Waals surface area contributed by atoms with E-state index < -0.39 is 11.8 Å². The van der Waals surface area contributed by atoms with Gasteiger partial charge in [-0.3, -0.25) is 19.4 Å². The summed E-state index contributed by atoms with van der Waals surface area (Å²) in [6.45, 7) is 7.17. The predicted octanol–water partition coefficient (Wildman–Crippen LogP) is 0.817. The molecule has 1 aromatic rings. The van der Waals surface area contributed by atoms with Crippen LogP contribution in [-0.4, -0.2) is 34.0 Å². The fraction of sp³-hybridized carbons (Fsp3) is 0.400. The molecule has 124 valence electrons. The van der Waals surface area contributed by atoms with Crippen LogP contribution in [0.4, 0.5) is 5.69 Å². The van der Waals surface area contributed by atoms with Crippen LogP contribution in [0.5, 0.6) is 0 Å². The van der Waals surface area contributed by atoms with Crippen molar-refractivity contribution in [2.45, 2.75) is 39.7 Å². The number of anilines is 1. The number of carbonyl (C=O) groups is 3. The van der Waals surface area contributed by atoms with Crippen LogP contribution in [0.3, 0.4) is 0 Å². The smallest absolute Gasteiger partial charge is 0.329 e. The Labute approximate surface area is 134 Å². The minimum atomic E-state index is -0.926. The molecule has 8 nitrogen and oxygen atoms in total. The van der Waals surface area contributed by atoms with Crippen molar-refractivity contribution in [2.24, 2.45) is 5.10 Å². The van der Waals surface area contributed by atoms with Crippen LogP contribution in [0.1, 0.15) is 34.1 Å². The van der Waals surface area contributed by atoms with E-state index in [1.54, 1.807) is 25.3 Å². The summed E-state index contributed by atoms with van der Waals surface area (Å²) < 4.78 is 0. The Morgan fingerprint density at radius 1 is 1.22 bits per heavy atom.